The fourth-order valence-electron chi connectivity index (χ4n) is 4.99. The molecule has 1 aliphatic heterocycles. The van der Waals surface area contributed by atoms with Crippen LogP contribution in [0, 0.1) is 0 Å². The van der Waals surface area contributed by atoms with E-state index in [1.54, 1.807) is 29.8 Å². The van der Waals surface area contributed by atoms with Gasteiger partial charge in [-0.1, -0.05) is 69.2 Å². The van der Waals surface area contributed by atoms with Crippen LogP contribution >= 0.6 is 0 Å². The third kappa shape index (κ3) is 5.56. The molecule has 0 fully saturated rings. The Morgan fingerprint density at radius 1 is 1.08 bits per heavy atom. The summed E-state index contributed by atoms with van der Waals surface area (Å²) in [6, 6.07) is 16.6. The number of nitrogens with zero attached hydrogens (tertiary/aromatic N) is 2. The molecule has 1 aliphatic rings. The Morgan fingerprint density at radius 3 is 2.41 bits per heavy atom. The molecule has 8 nitrogen and oxygen atoms in total. The van der Waals surface area contributed by atoms with Crippen LogP contribution in [-0.4, -0.2) is 34.6 Å². The van der Waals surface area contributed by atoms with Gasteiger partial charge in [-0.2, -0.15) is 8.42 Å². The molecule has 196 valence electrons. The predicted molar refractivity (Wildman–Crippen MR) is 142 cm³/mol. The van der Waals surface area contributed by atoms with Gasteiger partial charge >= 0.3 is 5.97 Å². The molecule has 0 saturated heterocycles. The number of cyclic esters (lactones) is 1. The molecule has 1 aromatic heterocycles. The lowest BCUT2D eigenvalue weighted by Crippen LogP contribution is -2.31. The minimum atomic E-state index is -3.90. The summed E-state index contributed by atoms with van der Waals surface area (Å²) in [5.41, 5.74) is 1.20. The van der Waals surface area contributed by atoms with Gasteiger partial charge in [0, 0.05) is 24.8 Å². The number of nitrogens with one attached hydrogen (secondary N) is 1. The highest BCUT2D eigenvalue weighted by atomic mass is 32.2. The van der Waals surface area contributed by atoms with E-state index in [1.807, 2.05) is 50.2 Å². The first-order valence-corrected chi connectivity index (χ1v) is 14.0. The van der Waals surface area contributed by atoms with Gasteiger partial charge in [0.1, 0.15) is 5.76 Å². The van der Waals surface area contributed by atoms with Crippen LogP contribution < -0.4 is 4.72 Å². The van der Waals surface area contributed by atoms with E-state index < -0.39 is 27.5 Å². The van der Waals surface area contributed by atoms with Gasteiger partial charge in [-0.3, -0.25) is 4.72 Å². The molecule has 0 radical (unpaired) electrons. The molecule has 0 aliphatic carbocycles. The number of carbonyl (C=O) groups is 1. The topological polar surface area (TPSA) is 111 Å². The van der Waals surface area contributed by atoms with Crippen molar-refractivity contribution in [2.24, 2.45) is 7.05 Å². The Bertz CT molecular complexity index is 1390. The van der Waals surface area contributed by atoms with Gasteiger partial charge < -0.3 is 14.4 Å². The summed E-state index contributed by atoms with van der Waals surface area (Å²) in [4.78, 5) is 17.2. The zero-order valence-corrected chi connectivity index (χ0v) is 22.2. The summed E-state index contributed by atoms with van der Waals surface area (Å²) < 4.78 is 35.7. The first kappa shape index (κ1) is 26.5. The molecule has 0 amide bonds. The Hall–Kier alpha value is -3.59. The maximum atomic E-state index is 13.3. The van der Waals surface area contributed by atoms with E-state index in [0.717, 1.165) is 18.4 Å². The molecule has 9 heteroatoms. The molecule has 3 aromatic rings. The smallest absolute Gasteiger partial charge is 0.339 e. The average molecular weight is 524 g/mol. The number of rotatable bonds is 11. The van der Waals surface area contributed by atoms with Crippen molar-refractivity contribution < 1.29 is 23.1 Å². The molecule has 0 spiro atoms. The third-order valence-electron chi connectivity index (χ3n) is 6.63. The van der Waals surface area contributed by atoms with Gasteiger partial charge in [0.25, 0.3) is 10.0 Å². The Labute approximate surface area is 218 Å². The van der Waals surface area contributed by atoms with Crippen LogP contribution in [0.4, 0.5) is 5.69 Å². The van der Waals surface area contributed by atoms with E-state index in [-0.39, 0.29) is 16.4 Å². The van der Waals surface area contributed by atoms with Gasteiger partial charge in [-0.15, -0.1) is 0 Å². The monoisotopic (exact) mass is 523 g/mol. The predicted octanol–water partition coefficient (Wildman–Crippen LogP) is 5.26. The Morgan fingerprint density at radius 2 is 1.78 bits per heavy atom. The van der Waals surface area contributed by atoms with Crippen LogP contribution in [0.15, 0.2) is 83.5 Å². The molecule has 1 atom stereocenters. The van der Waals surface area contributed by atoms with E-state index in [0.29, 0.717) is 30.5 Å². The van der Waals surface area contributed by atoms with Crippen molar-refractivity contribution in [2.75, 3.05) is 4.72 Å². The maximum Gasteiger partial charge on any atom is 0.339 e. The van der Waals surface area contributed by atoms with Crippen molar-refractivity contribution in [3.05, 3.63) is 89.6 Å². The van der Waals surface area contributed by atoms with E-state index in [4.69, 9.17) is 4.74 Å². The lowest BCUT2D eigenvalue weighted by molar-refractivity contribution is -0.149. The highest BCUT2D eigenvalue weighted by Crippen LogP contribution is 2.45. The Kier molecular flexibility index (Phi) is 7.73. The zero-order valence-electron chi connectivity index (χ0n) is 21.3. The summed E-state index contributed by atoms with van der Waals surface area (Å²) in [5, 5.41) is 11.4. The van der Waals surface area contributed by atoms with Crippen LogP contribution in [0.5, 0.6) is 0 Å². The number of aliphatic hydroxyl groups excluding tert-OH is 1. The van der Waals surface area contributed by atoms with Crippen molar-refractivity contribution in [3.63, 3.8) is 0 Å². The summed E-state index contributed by atoms with van der Waals surface area (Å²) >= 11 is 0. The van der Waals surface area contributed by atoms with Gasteiger partial charge in [-0.05, 0) is 42.5 Å². The van der Waals surface area contributed by atoms with Crippen molar-refractivity contribution in [1.29, 1.82) is 0 Å². The van der Waals surface area contributed by atoms with Crippen LogP contribution in [0.25, 0.3) is 0 Å². The lowest BCUT2D eigenvalue weighted by atomic mass is 9.82. The van der Waals surface area contributed by atoms with Crippen LogP contribution in [0.3, 0.4) is 0 Å². The normalized spacial score (nSPS) is 16.0. The summed E-state index contributed by atoms with van der Waals surface area (Å²) in [7, 11) is -2.21. The number of aromatic nitrogens is 2. The van der Waals surface area contributed by atoms with Gasteiger partial charge in [0.2, 0.25) is 0 Å². The number of esters is 1. The molecular formula is C28H33N3O5S. The number of aryl methyl sites for hydroxylation is 1. The molecular weight excluding hydrogens is 490 g/mol. The maximum absolute atomic E-state index is 13.3. The molecule has 2 heterocycles. The second kappa shape index (κ2) is 10.8. The molecule has 37 heavy (non-hydrogen) atoms. The number of sulfonamides is 1. The second-order valence-electron chi connectivity index (χ2n) is 9.50. The minimum Gasteiger partial charge on any atom is -0.507 e. The number of imidazole rings is 1. The number of aliphatic hydroxyl groups is 1. The number of benzene rings is 2. The summed E-state index contributed by atoms with van der Waals surface area (Å²) in [6.07, 6.45) is 5.83. The van der Waals surface area contributed by atoms with Crippen molar-refractivity contribution >= 4 is 21.7 Å². The summed E-state index contributed by atoms with van der Waals surface area (Å²) in [6.45, 7) is 3.99. The highest BCUT2D eigenvalue weighted by Gasteiger charge is 2.49. The van der Waals surface area contributed by atoms with Crippen LogP contribution in [0.2, 0.25) is 0 Å². The lowest BCUT2D eigenvalue weighted by Gasteiger charge is -2.27. The molecule has 0 bridgehead atoms. The van der Waals surface area contributed by atoms with Crippen LogP contribution in [0.1, 0.15) is 56.6 Å². The fourth-order valence-corrected chi connectivity index (χ4v) is 6.02. The number of hydrogen-bond donors (Lipinski definition) is 2. The summed E-state index contributed by atoms with van der Waals surface area (Å²) in [5.74, 6) is -1.08. The first-order chi connectivity index (χ1) is 17.7. The van der Waals surface area contributed by atoms with E-state index in [2.05, 4.69) is 9.71 Å². The fraction of sp³-hybridized carbons (Fsp3) is 0.357. The third-order valence-corrected chi connectivity index (χ3v) is 7.90. The molecule has 0 saturated carbocycles. The number of hydrogen-bond acceptors (Lipinski definition) is 6. The number of carbonyl (C=O) groups excluding carboxylic acids is 1. The standard InChI is InChI=1S/C28H33N3O5S/c1-4-14-28(15-5-2)26(32)25(27(33)36-28)23(16-20-10-7-6-8-11-20)21-12-9-13-22(17-21)30-37(34,35)24-18-31(3)19-29-24/h6-13,17-19,23,30,32H,4-5,14-16H2,1-3H3. The minimum absolute atomic E-state index is 0.0124. The van der Waals surface area contributed by atoms with Gasteiger partial charge in [0.05, 0.1) is 11.9 Å². The van der Waals surface area contributed by atoms with Gasteiger partial charge in [0.15, 0.2) is 10.6 Å². The molecule has 4 rings (SSSR count). The first-order valence-electron chi connectivity index (χ1n) is 12.5. The van der Waals surface area contributed by atoms with Crippen LogP contribution in [-0.2, 0) is 33.0 Å². The molecule has 2 aromatic carbocycles. The SMILES string of the molecule is CCCC1(CCC)OC(=O)C(C(Cc2ccccc2)c2cccc(NS(=O)(=O)c3cn(C)cn3)c2)=C1O. The number of anilines is 1. The van der Waals surface area contributed by atoms with E-state index >= 15 is 0 Å². The largest absolute Gasteiger partial charge is 0.507 e. The average Bonchev–Trinajstić information content (AvgIpc) is 3.40. The highest BCUT2D eigenvalue weighted by molar-refractivity contribution is 7.92. The van der Waals surface area contributed by atoms with Gasteiger partial charge in [-0.25, -0.2) is 9.78 Å². The zero-order chi connectivity index (χ0) is 26.6. The Balaban J connectivity index is 1.77. The molecule has 2 N–H and O–H groups in total. The van der Waals surface area contributed by atoms with E-state index in [9.17, 15) is 18.3 Å². The quantitative estimate of drug-likeness (QED) is 0.332. The van der Waals surface area contributed by atoms with E-state index in [1.165, 1.54) is 12.5 Å². The molecule has 1 unspecified atom stereocenters. The van der Waals surface area contributed by atoms with Crippen molar-refractivity contribution in [1.82, 2.24) is 9.55 Å². The second-order valence-corrected chi connectivity index (χ2v) is 11.1. The van der Waals surface area contributed by atoms with Crippen molar-refractivity contribution in [3.8, 4) is 0 Å². The number of ether oxygens (including phenoxy) is 1. The van der Waals surface area contributed by atoms with Crippen molar-refractivity contribution in [2.45, 2.75) is 62.5 Å².